The van der Waals surface area contributed by atoms with Gasteiger partial charge in [-0.15, -0.1) is 0 Å². The Morgan fingerprint density at radius 3 is 2.70 bits per heavy atom. The molecule has 1 unspecified atom stereocenters. The molecule has 5 N–H and O–H groups in total. The van der Waals surface area contributed by atoms with Gasteiger partial charge < -0.3 is 16.1 Å². The summed E-state index contributed by atoms with van der Waals surface area (Å²) in [5, 5.41) is 16.4. The summed E-state index contributed by atoms with van der Waals surface area (Å²) in [4.78, 5) is 29.5. The van der Waals surface area contributed by atoms with E-state index in [1.54, 1.807) is 6.92 Å². The Labute approximate surface area is 115 Å². The topological polar surface area (TPSA) is 148 Å². The zero-order chi connectivity index (χ0) is 15.1. The van der Waals surface area contributed by atoms with E-state index in [1.807, 2.05) is 6.92 Å². The van der Waals surface area contributed by atoms with Gasteiger partial charge in [0, 0.05) is 6.54 Å². The lowest BCUT2D eigenvalue weighted by Gasteiger charge is -2.14. The van der Waals surface area contributed by atoms with E-state index in [9.17, 15) is 14.9 Å². The first-order valence-corrected chi connectivity index (χ1v) is 6.01. The highest BCUT2D eigenvalue weighted by Crippen LogP contribution is 2.28. The minimum atomic E-state index is -0.680. The third-order valence-electron chi connectivity index (χ3n) is 2.44. The predicted octanol–water partition coefficient (Wildman–Crippen LogP) is -0.00300. The van der Waals surface area contributed by atoms with Crippen molar-refractivity contribution in [2.24, 2.45) is 5.84 Å². The molecule has 1 heterocycles. The minimum absolute atomic E-state index is 0.0721. The summed E-state index contributed by atoms with van der Waals surface area (Å²) in [6.45, 7) is 4.03. The van der Waals surface area contributed by atoms with Crippen LogP contribution in [-0.4, -0.2) is 33.4 Å². The van der Waals surface area contributed by atoms with Crippen LogP contribution in [0.3, 0.4) is 0 Å². The lowest BCUT2D eigenvalue weighted by Crippen LogP contribution is -2.38. The molecule has 0 saturated carbocycles. The molecule has 20 heavy (non-hydrogen) atoms. The normalized spacial score (nSPS) is 11.6. The second-order valence-corrected chi connectivity index (χ2v) is 3.98. The van der Waals surface area contributed by atoms with Crippen LogP contribution in [0, 0.1) is 10.1 Å². The molecule has 110 valence electrons. The maximum atomic E-state index is 11.7. The largest absolute Gasteiger partial charge is 0.354 e. The molecule has 0 aliphatic rings. The third kappa shape index (κ3) is 3.75. The number of nitro groups is 1. The van der Waals surface area contributed by atoms with Gasteiger partial charge in [-0.25, -0.2) is 15.8 Å². The van der Waals surface area contributed by atoms with Crippen LogP contribution in [0.4, 0.5) is 17.3 Å². The fourth-order valence-corrected chi connectivity index (χ4v) is 1.43. The Bertz CT molecular complexity index is 494. The van der Waals surface area contributed by atoms with Crippen LogP contribution in [-0.2, 0) is 4.79 Å². The summed E-state index contributed by atoms with van der Waals surface area (Å²) in [5.74, 6) is 4.68. The van der Waals surface area contributed by atoms with E-state index in [1.165, 1.54) is 0 Å². The minimum Gasteiger partial charge on any atom is -0.354 e. The molecule has 1 aromatic rings. The lowest BCUT2D eigenvalue weighted by molar-refractivity contribution is -0.383. The number of nitrogens with two attached hydrogens (primary N) is 1. The molecule has 0 aliphatic heterocycles. The number of carbonyl (C=O) groups excluding carboxylic acids is 1. The maximum absolute atomic E-state index is 11.7. The highest BCUT2D eigenvalue weighted by molar-refractivity contribution is 5.85. The molecule has 0 aromatic carbocycles. The van der Waals surface area contributed by atoms with Crippen molar-refractivity contribution in [2.75, 3.05) is 17.3 Å². The zero-order valence-corrected chi connectivity index (χ0v) is 11.2. The fraction of sp³-hybridized carbons (Fsp3) is 0.500. The SMILES string of the molecule is CCCNC(=O)C(C)Nc1ncnc(NN)c1[N+](=O)[O-]. The van der Waals surface area contributed by atoms with Crippen molar-refractivity contribution in [2.45, 2.75) is 26.3 Å². The second-order valence-electron chi connectivity index (χ2n) is 3.98. The van der Waals surface area contributed by atoms with E-state index < -0.39 is 16.7 Å². The first-order chi connectivity index (χ1) is 9.51. The van der Waals surface area contributed by atoms with Crippen LogP contribution in [0.2, 0.25) is 0 Å². The quantitative estimate of drug-likeness (QED) is 0.310. The molecular formula is C10H17N7O3. The van der Waals surface area contributed by atoms with Crippen molar-refractivity contribution in [1.29, 1.82) is 0 Å². The number of hydrogen-bond acceptors (Lipinski definition) is 8. The Morgan fingerprint density at radius 1 is 1.50 bits per heavy atom. The van der Waals surface area contributed by atoms with Gasteiger partial charge in [-0.05, 0) is 13.3 Å². The summed E-state index contributed by atoms with van der Waals surface area (Å²) in [5.41, 5.74) is 1.71. The highest BCUT2D eigenvalue weighted by Gasteiger charge is 2.25. The predicted molar refractivity (Wildman–Crippen MR) is 72.9 cm³/mol. The molecule has 0 spiro atoms. The van der Waals surface area contributed by atoms with Crippen LogP contribution >= 0.6 is 0 Å². The van der Waals surface area contributed by atoms with Crippen LogP contribution < -0.4 is 21.9 Å². The summed E-state index contributed by atoms with van der Waals surface area (Å²) < 4.78 is 0. The number of amides is 1. The van der Waals surface area contributed by atoms with Gasteiger partial charge in [0.1, 0.15) is 12.4 Å². The average Bonchev–Trinajstić information content (AvgIpc) is 2.43. The maximum Gasteiger partial charge on any atom is 0.354 e. The summed E-state index contributed by atoms with van der Waals surface area (Å²) in [6, 6.07) is -0.680. The fourth-order valence-electron chi connectivity index (χ4n) is 1.43. The molecule has 10 heteroatoms. The second kappa shape index (κ2) is 7.19. The molecule has 1 aromatic heterocycles. The van der Waals surface area contributed by atoms with E-state index in [0.717, 1.165) is 12.7 Å². The third-order valence-corrected chi connectivity index (χ3v) is 2.44. The number of carbonyl (C=O) groups is 1. The van der Waals surface area contributed by atoms with E-state index >= 15 is 0 Å². The Hall–Kier alpha value is -2.49. The molecule has 1 rings (SSSR count). The van der Waals surface area contributed by atoms with E-state index in [-0.39, 0.29) is 17.5 Å². The lowest BCUT2D eigenvalue weighted by atomic mass is 10.3. The summed E-state index contributed by atoms with van der Waals surface area (Å²) in [6.07, 6.45) is 1.91. The van der Waals surface area contributed by atoms with Gasteiger partial charge in [0.15, 0.2) is 0 Å². The number of nitrogens with one attached hydrogen (secondary N) is 3. The molecule has 0 fully saturated rings. The van der Waals surface area contributed by atoms with Crippen LogP contribution in [0.15, 0.2) is 6.33 Å². The standard InChI is InChI=1S/C10H17N7O3/c1-3-4-12-10(18)6(2)15-8-7(17(19)20)9(16-11)14-5-13-8/h5-6H,3-4,11H2,1-2H3,(H,12,18)(H2,13,14,15,16). The number of nitrogen functional groups attached to an aromatic ring is 1. The van der Waals surface area contributed by atoms with Gasteiger partial charge >= 0.3 is 5.69 Å². The monoisotopic (exact) mass is 283 g/mol. The first-order valence-electron chi connectivity index (χ1n) is 6.01. The highest BCUT2D eigenvalue weighted by atomic mass is 16.6. The molecule has 1 atom stereocenters. The first kappa shape index (κ1) is 15.6. The molecular weight excluding hydrogens is 266 g/mol. The van der Waals surface area contributed by atoms with E-state index in [2.05, 4.69) is 26.0 Å². The van der Waals surface area contributed by atoms with Crippen molar-refractivity contribution >= 4 is 23.2 Å². The molecule has 0 saturated heterocycles. The summed E-state index contributed by atoms with van der Waals surface area (Å²) >= 11 is 0. The summed E-state index contributed by atoms with van der Waals surface area (Å²) in [7, 11) is 0. The van der Waals surface area contributed by atoms with Gasteiger partial charge in [0.25, 0.3) is 0 Å². The van der Waals surface area contributed by atoms with Crippen LogP contribution in [0.5, 0.6) is 0 Å². The van der Waals surface area contributed by atoms with Crippen molar-refractivity contribution in [3.63, 3.8) is 0 Å². The smallest absolute Gasteiger partial charge is 0.354 e. The van der Waals surface area contributed by atoms with E-state index in [0.29, 0.717) is 6.54 Å². The Morgan fingerprint density at radius 2 is 2.15 bits per heavy atom. The number of rotatable bonds is 7. The van der Waals surface area contributed by atoms with Gasteiger partial charge in [-0.3, -0.25) is 14.9 Å². The Kier molecular flexibility index (Phi) is 5.59. The molecule has 0 radical (unpaired) electrons. The van der Waals surface area contributed by atoms with Gasteiger partial charge in [-0.2, -0.15) is 0 Å². The van der Waals surface area contributed by atoms with Crippen molar-refractivity contribution < 1.29 is 9.72 Å². The van der Waals surface area contributed by atoms with Gasteiger partial charge in [0.05, 0.1) is 4.92 Å². The average molecular weight is 283 g/mol. The Balaban J connectivity index is 2.92. The van der Waals surface area contributed by atoms with Crippen molar-refractivity contribution in [3.05, 3.63) is 16.4 Å². The molecule has 10 nitrogen and oxygen atoms in total. The number of aromatic nitrogens is 2. The number of hydrogen-bond donors (Lipinski definition) is 4. The van der Waals surface area contributed by atoms with Crippen molar-refractivity contribution in [1.82, 2.24) is 15.3 Å². The molecule has 0 bridgehead atoms. The van der Waals surface area contributed by atoms with E-state index in [4.69, 9.17) is 5.84 Å². The van der Waals surface area contributed by atoms with Gasteiger partial charge in [0.2, 0.25) is 17.5 Å². The molecule has 1 amide bonds. The van der Waals surface area contributed by atoms with Crippen LogP contribution in [0.1, 0.15) is 20.3 Å². The van der Waals surface area contributed by atoms with Crippen molar-refractivity contribution in [3.8, 4) is 0 Å². The van der Waals surface area contributed by atoms with Crippen LogP contribution in [0.25, 0.3) is 0 Å². The number of nitrogens with zero attached hydrogens (tertiary/aromatic N) is 3. The van der Waals surface area contributed by atoms with Gasteiger partial charge in [-0.1, -0.05) is 6.92 Å². The zero-order valence-electron chi connectivity index (χ0n) is 11.2. The number of anilines is 2. The molecule has 0 aliphatic carbocycles. The number of hydrazine groups is 1.